The molecule has 3 saturated heterocycles. The van der Waals surface area contributed by atoms with Crippen molar-refractivity contribution in [2.24, 2.45) is 17.8 Å². The summed E-state index contributed by atoms with van der Waals surface area (Å²) in [5.41, 5.74) is 0.139. The van der Waals surface area contributed by atoms with Crippen LogP contribution in [0.5, 0.6) is 0 Å². The summed E-state index contributed by atoms with van der Waals surface area (Å²) < 4.78 is 0. The number of carbonyl (C=O) groups is 2. The van der Waals surface area contributed by atoms with Gasteiger partial charge in [0.25, 0.3) is 0 Å². The van der Waals surface area contributed by atoms with E-state index in [0.717, 1.165) is 31.0 Å². The lowest BCUT2D eigenvalue weighted by Gasteiger charge is -2.46. The molecule has 144 valence electrons. The van der Waals surface area contributed by atoms with Crippen LogP contribution in [0, 0.1) is 17.8 Å². The van der Waals surface area contributed by atoms with Gasteiger partial charge in [-0.1, -0.05) is 6.92 Å². The van der Waals surface area contributed by atoms with Gasteiger partial charge in [-0.2, -0.15) is 0 Å². The van der Waals surface area contributed by atoms with Gasteiger partial charge < -0.3 is 25.7 Å². The summed E-state index contributed by atoms with van der Waals surface area (Å²) >= 11 is 1.63. The van der Waals surface area contributed by atoms with Crippen LogP contribution >= 0.6 is 11.8 Å². The number of nitrogens with one attached hydrogen (secondary N) is 2. The third-order valence-corrected chi connectivity index (χ3v) is 7.91. The van der Waals surface area contributed by atoms with Crippen LogP contribution in [0.3, 0.4) is 0 Å². The van der Waals surface area contributed by atoms with Gasteiger partial charge in [0.05, 0.1) is 18.1 Å². The Kier molecular flexibility index (Phi) is 4.79. The van der Waals surface area contributed by atoms with Gasteiger partial charge in [-0.05, 0) is 38.8 Å². The first-order chi connectivity index (χ1) is 12.4. The van der Waals surface area contributed by atoms with Crippen molar-refractivity contribution in [1.82, 2.24) is 15.5 Å². The van der Waals surface area contributed by atoms with Crippen molar-refractivity contribution in [2.75, 3.05) is 19.6 Å². The number of carbonyl (C=O) groups excluding carboxylic acids is 1. The lowest BCUT2D eigenvalue weighted by atomic mass is 9.79. The minimum atomic E-state index is -1.04. The van der Waals surface area contributed by atoms with Crippen molar-refractivity contribution in [3.63, 3.8) is 0 Å². The first-order valence-corrected chi connectivity index (χ1v) is 10.4. The Labute approximate surface area is 157 Å². The first kappa shape index (κ1) is 18.3. The molecule has 0 bridgehead atoms. The molecule has 4 heterocycles. The molecule has 0 radical (unpaired) electrons. The number of hydrogen-bond donors (Lipinski definition) is 4. The van der Waals surface area contributed by atoms with Crippen molar-refractivity contribution in [3.8, 4) is 0 Å². The molecule has 0 aliphatic carbocycles. The van der Waals surface area contributed by atoms with Crippen molar-refractivity contribution in [2.45, 2.75) is 50.1 Å². The maximum atomic E-state index is 12.4. The number of rotatable bonds is 5. The molecule has 4 N–H and O–H groups in total. The predicted octanol–water partition coefficient (Wildman–Crippen LogP) is 0.213. The smallest absolute Gasteiger partial charge is 0.353 e. The highest BCUT2D eigenvalue weighted by Crippen LogP contribution is 2.52. The lowest BCUT2D eigenvalue weighted by Crippen LogP contribution is -2.63. The molecule has 8 heteroatoms. The number of amides is 1. The Hall–Kier alpha value is -1.09. The van der Waals surface area contributed by atoms with Gasteiger partial charge in [0, 0.05) is 28.7 Å². The molecule has 1 unspecified atom stereocenters. The van der Waals surface area contributed by atoms with Gasteiger partial charge in [0.1, 0.15) is 5.70 Å². The van der Waals surface area contributed by atoms with Crippen molar-refractivity contribution < 1.29 is 19.8 Å². The highest BCUT2D eigenvalue weighted by atomic mass is 32.2. The number of aliphatic hydroxyl groups is 1. The second-order valence-corrected chi connectivity index (χ2v) is 9.36. The van der Waals surface area contributed by atoms with E-state index in [1.165, 1.54) is 11.3 Å². The highest BCUT2D eigenvalue weighted by molar-refractivity contribution is 8.03. The summed E-state index contributed by atoms with van der Waals surface area (Å²) in [6, 6.07) is 0.261. The molecule has 4 rings (SSSR count). The Balaban J connectivity index is 1.50. The SMILES string of the molecule is C[C@@H](O)[C@H]1C(=O)N2C(C(=O)O)=C(S[C@@H]3CN[C@H](C4CCNC4)C3)[C@H](C)[C@@H]12. The Morgan fingerprint density at radius 2 is 2.15 bits per heavy atom. The van der Waals surface area contributed by atoms with Crippen molar-refractivity contribution in [1.29, 1.82) is 0 Å². The summed E-state index contributed by atoms with van der Waals surface area (Å²) in [7, 11) is 0. The van der Waals surface area contributed by atoms with Crippen LogP contribution in [0.4, 0.5) is 0 Å². The largest absolute Gasteiger partial charge is 0.477 e. The zero-order chi connectivity index (χ0) is 18.6. The summed E-state index contributed by atoms with van der Waals surface area (Å²) in [6.45, 7) is 6.59. The molecule has 26 heavy (non-hydrogen) atoms. The molecule has 0 aromatic carbocycles. The van der Waals surface area contributed by atoms with Crippen LogP contribution in [-0.4, -0.2) is 70.1 Å². The fourth-order valence-corrected chi connectivity index (χ4v) is 6.55. The number of carboxylic acid groups (broad SMARTS) is 1. The van der Waals surface area contributed by atoms with E-state index < -0.39 is 18.0 Å². The molecule has 0 aromatic rings. The van der Waals surface area contributed by atoms with Crippen LogP contribution < -0.4 is 10.6 Å². The molecule has 7 atom stereocenters. The summed E-state index contributed by atoms with van der Waals surface area (Å²) in [5.74, 6) is -1.19. The van der Waals surface area contributed by atoms with Crippen LogP contribution in [-0.2, 0) is 9.59 Å². The van der Waals surface area contributed by atoms with Crippen LogP contribution in [0.25, 0.3) is 0 Å². The monoisotopic (exact) mass is 381 g/mol. The minimum absolute atomic E-state index is 0.0457. The summed E-state index contributed by atoms with van der Waals surface area (Å²) in [6.07, 6.45) is 1.46. The fraction of sp³-hybridized carbons (Fsp3) is 0.778. The van der Waals surface area contributed by atoms with E-state index in [2.05, 4.69) is 10.6 Å². The normalized spacial score (nSPS) is 40.7. The molecular formula is C18H27N3O4S. The molecule has 4 aliphatic heterocycles. The van der Waals surface area contributed by atoms with Gasteiger partial charge in [-0.25, -0.2) is 4.79 Å². The molecule has 0 saturated carbocycles. The number of aliphatic carboxylic acids is 1. The number of nitrogens with zero attached hydrogens (tertiary/aromatic N) is 1. The highest BCUT2D eigenvalue weighted by Gasteiger charge is 2.60. The lowest BCUT2D eigenvalue weighted by molar-refractivity contribution is -0.163. The predicted molar refractivity (Wildman–Crippen MR) is 98.4 cm³/mol. The van der Waals surface area contributed by atoms with E-state index in [1.54, 1.807) is 18.7 Å². The third kappa shape index (κ3) is 2.78. The van der Waals surface area contributed by atoms with Crippen LogP contribution in [0.2, 0.25) is 0 Å². The van der Waals surface area contributed by atoms with Gasteiger partial charge in [0.15, 0.2) is 0 Å². The standard InChI is InChI=1S/C18H27N3O4S/c1-8-14-13(9(2)22)17(23)21(14)15(18(24)25)16(8)26-11-5-12(20-7-11)10-3-4-19-6-10/h8-14,19-20,22H,3-7H2,1-2H3,(H,24,25)/t8-,9-,10?,11+,12+,13-,14+/m1/s1. The second kappa shape index (κ2) is 6.82. The van der Waals surface area contributed by atoms with E-state index in [9.17, 15) is 19.8 Å². The molecule has 3 fully saturated rings. The van der Waals surface area contributed by atoms with Gasteiger partial charge in [-0.3, -0.25) is 4.79 Å². The average molecular weight is 381 g/mol. The topological polar surface area (TPSA) is 102 Å². The van der Waals surface area contributed by atoms with Crippen LogP contribution in [0.15, 0.2) is 10.6 Å². The first-order valence-electron chi connectivity index (χ1n) is 9.49. The average Bonchev–Trinajstić information content (AvgIpc) is 3.28. The molecule has 4 aliphatic rings. The Morgan fingerprint density at radius 1 is 1.38 bits per heavy atom. The number of fused-ring (bicyclic) bond motifs is 1. The summed E-state index contributed by atoms with van der Waals surface area (Å²) in [4.78, 5) is 26.5. The van der Waals surface area contributed by atoms with E-state index in [-0.39, 0.29) is 23.6 Å². The Morgan fingerprint density at radius 3 is 2.77 bits per heavy atom. The van der Waals surface area contributed by atoms with Gasteiger partial charge >= 0.3 is 5.97 Å². The molecule has 0 aromatic heterocycles. The fourth-order valence-electron chi connectivity index (χ4n) is 5.06. The van der Waals surface area contributed by atoms with Gasteiger partial charge in [0.2, 0.25) is 5.91 Å². The molecule has 1 amide bonds. The van der Waals surface area contributed by atoms with E-state index in [1.807, 2.05) is 6.92 Å². The second-order valence-electron chi connectivity index (χ2n) is 8.02. The van der Waals surface area contributed by atoms with Gasteiger partial charge in [-0.15, -0.1) is 11.8 Å². The van der Waals surface area contributed by atoms with E-state index in [0.29, 0.717) is 17.2 Å². The quantitative estimate of drug-likeness (QED) is 0.505. The number of aliphatic hydroxyl groups excluding tert-OH is 1. The number of carboxylic acids is 1. The summed E-state index contributed by atoms with van der Waals surface area (Å²) in [5, 5.41) is 27.0. The van der Waals surface area contributed by atoms with Crippen molar-refractivity contribution in [3.05, 3.63) is 10.6 Å². The number of thioether (sulfide) groups is 1. The number of hydrogen-bond acceptors (Lipinski definition) is 6. The zero-order valence-electron chi connectivity index (χ0n) is 15.1. The molecule has 7 nitrogen and oxygen atoms in total. The zero-order valence-corrected chi connectivity index (χ0v) is 16.0. The van der Waals surface area contributed by atoms with Crippen molar-refractivity contribution >= 4 is 23.6 Å². The molecular weight excluding hydrogens is 354 g/mol. The van der Waals surface area contributed by atoms with E-state index in [4.69, 9.17) is 0 Å². The Bertz CT molecular complexity index is 646. The third-order valence-electron chi connectivity index (χ3n) is 6.40. The van der Waals surface area contributed by atoms with E-state index >= 15 is 0 Å². The maximum absolute atomic E-state index is 12.4. The maximum Gasteiger partial charge on any atom is 0.353 e. The number of β-lactam (4-membered cyclic amide) rings is 1. The molecule has 0 spiro atoms. The minimum Gasteiger partial charge on any atom is -0.477 e. The van der Waals surface area contributed by atoms with Crippen LogP contribution in [0.1, 0.15) is 26.7 Å².